The monoisotopic (exact) mass is 423 g/mol. The van der Waals surface area contributed by atoms with E-state index in [1.165, 1.54) is 16.7 Å². The van der Waals surface area contributed by atoms with Crippen LogP contribution >= 0.6 is 11.8 Å². The molecule has 2 amide bonds. The Bertz CT molecular complexity index is 1120. The first-order chi connectivity index (χ1) is 14.5. The number of methoxy groups -OCH3 is 1. The number of imide groups is 1. The lowest BCUT2D eigenvalue weighted by Crippen LogP contribution is -2.31. The number of nitrogens with zero attached hydrogens (tertiary/aromatic N) is 3. The molecule has 0 bridgehead atoms. The van der Waals surface area contributed by atoms with Crippen molar-refractivity contribution in [1.29, 1.82) is 0 Å². The third-order valence-electron chi connectivity index (χ3n) is 4.83. The van der Waals surface area contributed by atoms with Crippen molar-refractivity contribution in [2.75, 3.05) is 18.6 Å². The van der Waals surface area contributed by atoms with Crippen molar-refractivity contribution < 1.29 is 19.1 Å². The minimum Gasteiger partial charge on any atom is -0.497 e. The van der Waals surface area contributed by atoms with Gasteiger partial charge in [0.05, 0.1) is 24.9 Å². The number of benzene rings is 2. The van der Waals surface area contributed by atoms with Crippen LogP contribution in [0.4, 0.5) is 5.69 Å². The first-order valence-electron chi connectivity index (χ1n) is 9.59. The molecule has 2 heterocycles. The molecular formula is C22H21N3O4S. The van der Waals surface area contributed by atoms with Crippen molar-refractivity contribution in [3.8, 4) is 11.5 Å². The molecule has 0 aliphatic carbocycles. The lowest BCUT2D eigenvalue weighted by Gasteiger charge is -2.15. The Morgan fingerprint density at radius 3 is 2.53 bits per heavy atom. The van der Waals surface area contributed by atoms with Crippen LogP contribution in [0.1, 0.15) is 19.0 Å². The zero-order valence-electron chi connectivity index (χ0n) is 16.9. The van der Waals surface area contributed by atoms with Gasteiger partial charge in [-0.1, -0.05) is 11.8 Å². The molecular weight excluding hydrogens is 402 g/mol. The highest BCUT2D eigenvalue weighted by molar-refractivity contribution is 8.00. The van der Waals surface area contributed by atoms with E-state index in [-0.39, 0.29) is 18.2 Å². The van der Waals surface area contributed by atoms with Crippen LogP contribution in [-0.4, -0.2) is 40.7 Å². The molecule has 1 fully saturated rings. The number of thioether (sulfide) groups is 1. The quantitative estimate of drug-likeness (QED) is 0.441. The van der Waals surface area contributed by atoms with Gasteiger partial charge in [0.2, 0.25) is 11.8 Å². The zero-order valence-corrected chi connectivity index (χ0v) is 17.7. The van der Waals surface area contributed by atoms with E-state index in [1.54, 1.807) is 31.4 Å². The second kappa shape index (κ2) is 8.31. The second-order valence-electron chi connectivity index (χ2n) is 6.78. The molecule has 0 saturated carbocycles. The van der Waals surface area contributed by atoms with Crippen molar-refractivity contribution >= 4 is 40.2 Å². The van der Waals surface area contributed by atoms with Gasteiger partial charge in [0, 0.05) is 17.5 Å². The number of amides is 2. The average molecular weight is 423 g/mol. The van der Waals surface area contributed by atoms with E-state index in [2.05, 4.69) is 9.97 Å². The molecule has 1 aromatic heterocycles. The number of carbonyl (C=O) groups is 2. The van der Waals surface area contributed by atoms with Gasteiger partial charge in [-0.05, 0) is 56.3 Å². The van der Waals surface area contributed by atoms with E-state index in [9.17, 15) is 9.59 Å². The zero-order chi connectivity index (χ0) is 21.3. The fourth-order valence-electron chi connectivity index (χ4n) is 3.37. The molecule has 1 atom stereocenters. The van der Waals surface area contributed by atoms with Crippen molar-refractivity contribution in [3.05, 3.63) is 48.2 Å². The molecule has 154 valence electrons. The number of anilines is 1. The molecule has 1 saturated heterocycles. The molecule has 0 N–H and O–H groups in total. The molecule has 1 aliphatic heterocycles. The first-order valence-corrected chi connectivity index (χ1v) is 10.5. The number of ether oxygens (including phenoxy) is 2. The lowest BCUT2D eigenvalue weighted by atomic mass is 10.2. The number of aryl methyl sites for hydroxylation is 1. The largest absolute Gasteiger partial charge is 0.497 e. The predicted octanol–water partition coefficient (Wildman–Crippen LogP) is 3.77. The van der Waals surface area contributed by atoms with Crippen LogP contribution in [0.3, 0.4) is 0 Å². The van der Waals surface area contributed by atoms with Gasteiger partial charge in [-0.15, -0.1) is 0 Å². The van der Waals surface area contributed by atoms with E-state index >= 15 is 0 Å². The molecule has 8 heteroatoms. The standard InChI is InChI=1S/C22H21N3O4S/c1-4-29-16-9-10-18-17(11-16)13(2)23-22(24-18)30-19-12-20(26)25(21(19)27)14-5-7-15(28-3)8-6-14/h5-11,19H,4,12H2,1-3H3. The topological polar surface area (TPSA) is 81.6 Å². The highest BCUT2D eigenvalue weighted by atomic mass is 32.2. The Labute approximate surface area is 178 Å². The van der Waals surface area contributed by atoms with Crippen LogP contribution in [0.2, 0.25) is 0 Å². The smallest absolute Gasteiger partial charge is 0.247 e. The average Bonchev–Trinajstić information content (AvgIpc) is 3.02. The van der Waals surface area contributed by atoms with Gasteiger partial charge in [-0.2, -0.15) is 0 Å². The number of hydrogen-bond donors (Lipinski definition) is 0. The summed E-state index contributed by atoms with van der Waals surface area (Å²) in [5, 5.41) is 0.824. The van der Waals surface area contributed by atoms with Crippen molar-refractivity contribution in [2.24, 2.45) is 0 Å². The predicted molar refractivity (Wildman–Crippen MR) is 115 cm³/mol. The maximum atomic E-state index is 12.9. The van der Waals surface area contributed by atoms with E-state index < -0.39 is 5.25 Å². The third kappa shape index (κ3) is 3.82. The van der Waals surface area contributed by atoms with E-state index in [0.29, 0.717) is 23.2 Å². The van der Waals surface area contributed by atoms with Gasteiger partial charge in [0.25, 0.3) is 0 Å². The van der Waals surface area contributed by atoms with Gasteiger partial charge < -0.3 is 9.47 Å². The highest BCUT2D eigenvalue weighted by Crippen LogP contribution is 2.34. The Balaban J connectivity index is 1.56. The third-order valence-corrected chi connectivity index (χ3v) is 5.88. The lowest BCUT2D eigenvalue weighted by molar-refractivity contribution is -0.121. The summed E-state index contributed by atoms with van der Waals surface area (Å²) in [7, 11) is 1.57. The summed E-state index contributed by atoms with van der Waals surface area (Å²) in [6, 6.07) is 12.5. The maximum Gasteiger partial charge on any atom is 0.247 e. The molecule has 0 radical (unpaired) electrons. The molecule has 2 aromatic carbocycles. The summed E-state index contributed by atoms with van der Waals surface area (Å²) < 4.78 is 10.7. The minimum atomic E-state index is -0.556. The van der Waals surface area contributed by atoms with Crippen molar-refractivity contribution in [2.45, 2.75) is 30.7 Å². The van der Waals surface area contributed by atoms with E-state index in [1.807, 2.05) is 32.0 Å². The van der Waals surface area contributed by atoms with Gasteiger partial charge in [-0.3, -0.25) is 9.59 Å². The summed E-state index contributed by atoms with van der Waals surface area (Å²) in [6.45, 7) is 4.42. The summed E-state index contributed by atoms with van der Waals surface area (Å²) >= 11 is 1.22. The van der Waals surface area contributed by atoms with Crippen LogP contribution in [-0.2, 0) is 9.59 Å². The van der Waals surface area contributed by atoms with Crippen LogP contribution in [0.25, 0.3) is 10.9 Å². The molecule has 1 aliphatic rings. The maximum absolute atomic E-state index is 12.9. The van der Waals surface area contributed by atoms with E-state index in [0.717, 1.165) is 22.3 Å². The normalized spacial score (nSPS) is 16.4. The highest BCUT2D eigenvalue weighted by Gasteiger charge is 2.40. The fraction of sp³-hybridized carbons (Fsp3) is 0.273. The molecule has 1 unspecified atom stereocenters. The number of carbonyl (C=O) groups excluding carboxylic acids is 2. The number of hydrogen-bond acceptors (Lipinski definition) is 7. The summed E-state index contributed by atoms with van der Waals surface area (Å²) in [4.78, 5) is 35.8. The van der Waals surface area contributed by atoms with Gasteiger partial charge in [0.15, 0.2) is 5.16 Å². The Hall–Kier alpha value is -3.13. The van der Waals surface area contributed by atoms with Crippen molar-refractivity contribution in [3.63, 3.8) is 0 Å². The van der Waals surface area contributed by atoms with E-state index in [4.69, 9.17) is 9.47 Å². The summed E-state index contributed by atoms with van der Waals surface area (Å²) in [5.74, 6) is 0.935. The second-order valence-corrected chi connectivity index (χ2v) is 7.95. The van der Waals surface area contributed by atoms with Crippen LogP contribution in [0.15, 0.2) is 47.6 Å². The fourth-order valence-corrected chi connectivity index (χ4v) is 4.40. The van der Waals surface area contributed by atoms with Crippen molar-refractivity contribution in [1.82, 2.24) is 9.97 Å². The molecule has 0 spiro atoms. The first kappa shape index (κ1) is 20.2. The molecule has 30 heavy (non-hydrogen) atoms. The van der Waals surface area contributed by atoms with Gasteiger partial charge in [0.1, 0.15) is 16.7 Å². The van der Waals surface area contributed by atoms with Crippen LogP contribution in [0.5, 0.6) is 11.5 Å². The summed E-state index contributed by atoms with van der Waals surface area (Å²) in [6.07, 6.45) is 0.110. The van der Waals surface area contributed by atoms with Crippen LogP contribution < -0.4 is 14.4 Å². The van der Waals surface area contributed by atoms with Gasteiger partial charge in [-0.25, -0.2) is 14.9 Å². The number of aromatic nitrogens is 2. The number of rotatable bonds is 6. The molecule has 3 aromatic rings. The Kier molecular flexibility index (Phi) is 5.59. The van der Waals surface area contributed by atoms with Crippen LogP contribution in [0, 0.1) is 6.92 Å². The Morgan fingerprint density at radius 1 is 1.10 bits per heavy atom. The summed E-state index contributed by atoms with van der Waals surface area (Å²) in [5.41, 5.74) is 2.11. The SMILES string of the molecule is CCOc1ccc2nc(SC3CC(=O)N(c4ccc(OC)cc4)C3=O)nc(C)c2c1. The van der Waals surface area contributed by atoms with Gasteiger partial charge >= 0.3 is 0 Å². The number of fused-ring (bicyclic) bond motifs is 1. The molecule has 7 nitrogen and oxygen atoms in total. The minimum absolute atomic E-state index is 0.110. The molecule has 4 rings (SSSR count). The Morgan fingerprint density at radius 2 is 1.83 bits per heavy atom.